The lowest BCUT2D eigenvalue weighted by Crippen LogP contribution is -2.43. The number of carbonyl (C=O) groups excluding carboxylic acids is 1. The Labute approximate surface area is 111 Å². The maximum absolute atomic E-state index is 12.3. The molecule has 1 N–H and O–H groups in total. The van der Waals surface area contributed by atoms with E-state index in [2.05, 4.69) is 15.2 Å². The van der Waals surface area contributed by atoms with Gasteiger partial charge in [-0.1, -0.05) is 0 Å². The van der Waals surface area contributed by atoms with Crippen LogP contribution in [0.4, 0.5) is 0 Å². The van der Waals surface area contributed by atoms with Crippen LogP contribution in [0.25, 0.3) is 5.65 Å². The Bertz CT molecular complexity index is 635. The highest BCUT2D eigenvalue weighted by Crippen LogP contribution is 2.27. The average molecular weight is 256 g/mol. The van der Waals surface area contributed by atoms with Gasteiger partial charge < -0.3 is 14.6 Å². The first-order valence-corrected chi connectivity index (χ1v) is 6.75. The molecule has 0 radical (unpaired) electrons. The number of carbonyl (C=O) groups is 1. The molecule has 19 heavy (non-hydrogen) atoms. The van der Waals surface area contributed by atoms with Gasteiger partial charge in [-0.05, 0) is 31.0 Å². The molecule has 0 spiro atoms. The molecule has 1 unspecified atom stereocenters. The molecule has 1 amide bonds. The van der Waals surface area contributed by atoms with E-state index in [1.807, 2.05) is 28.9 Å². The van der Waals surface area contributed by atoms with Gasteiger partial charge in [0.25, 0.3) is 5.91 Å². The molecule has 5 nitrogen and oxygen atoms in total. The van der Waals surface area contributed by atoms with E-state index in [1.165, 1.54) is 13.0 Å². The minimum Gasteiger partial charge on any atom is -0.348 e. The number of imidazole rings is 1. The molecule has 4 rings (SSSR count). The number of nitrogens with zero attached hydrogens (tertiary/aromatic N) is 3. The molecule has 0 aliphatic carbocycles. The molecule has 98 valence electrons. The van der Waals surface area contributed by atoms with E-state index >= 15 is 0 Å². The van der Waals surface area contributed by atoms with E-state index in [0.717, 1.165) is 18.7 Å². The number of nitrogens with one attached hydrogen (secondary N) is 1. The number of amides is 1. The lowest BCUT2D eigenvalue weighted by Gasteiger charge is -2.23. The van der Waals surface area contributed by atoms with Gasteiger partial charge in [-0.2, -0.15) is 0 Å². The molecular weight excluding hydrogens is 240 g/mol. The first-order chi connectivity index (χ1) is 9.29. The van der Waals surface area contributed by atoms with Gasteiger partial charge in [0.05, 0.1) is 0 Å². The first kappa shape index (κ1) is 11.0. The summed E-state index contributed by atoms with van der Waals surface area (Å²) in [6.45, 7) is 3.34. The quantitative estimate of drug-likeness (QED) is 0.863. The van der Waals surface area contributed by atoms with Crippen LogP contribution in [0.5, 0.6) is 0 Å². The fraction of sp³-hybridized carbons (Fsp3) is 0.429. The average Bonchev–Trinajstić information content (AvgIpc) is 3.13. The highest BCUT2D eigenvalue weighted by molar-refractivity contribution is 5.95. The van der Waals surface area contributed by atoms with Crippen LogP contribution in [-0.4, -0.2) is 45.9 Å². The second-order valence-electron chi connectivity index (χ2n) is 5.50. The third kappa shape index (κ3) is 1.81. The Kier molecular flexibility index (Phi) is 2.35. The molecule has 0 aromatic carbocycles. The molecule has 2 aromatic heterocycles. The number of fused-ring (bicyclic) bond motifs is 3. The lowest BCUT2D eigenvalue weighted by atomic mass is 10.00. The van der Waals surface area contributed by atoms with Crippen molar-refractivity contribution in [2.75, 3.05) is 19.6 Å². The van der Waals surface area contributed by atoms with Crippen LogP contribution in [-0.2, 0) is 0 Å². The molecule has 5 heteroatoms. The first-order valence-electron chi connectivity index (χ1n) is 6.75. The van der Waals surface area contributed by atoms with Crippen LogP contribution in [0.1, 0.15) is 16.8 Å². The van der Waals surface area contributed by atoms with Crippen molar-refractivity contribution in [3.8, 4) is 0 Å². The Morgan fingerprint density at radius 1 is 1.37 bits per heavy atom. The van der Waals surface area contributed by atoms with Crippen molar-refractivity contribution in [2.24, 2.45) is 5.92 Å². The molecule has 2 aliphatic rings. The zero-order valence-corrected chi connectivity index (χ0v) is 10.6. The predicted molar refractivity (Wildman–Crippen MR) is 71.0 cm³/mol. The third-order valence-electron chi connectivity index (χ3n) is 4.31. The highest BCUT2D eigenvalue weighted by Gasteiger charge is 2.38. The van der Waals surface area contributed by atoms with Crippen molar-refractivity contribution >= 4 is 11.6 Å². The molecule has 2 aliphatic heterocycles. The normalized spacial score (nSPS) is 28.9. The fourth-order valence-electron chi connectivity index (χ4n) is 3.25. The summed E-state index contributed by atoms with van der Waals surface area (Å²) in [4.78, 5) is 18.9. The number of aromatic nitrogens is 2. The van der Waals surface area contributed by atoms with Gasteiger partial charge >= 0.3 is 0 Å². The van der Waals surface area contributed by atoms with E-state index in [0.29, 0.717) is 17.5 Å². The summed E-state index contributed by atoms with van der Waals surface area (Å²) in [5.74, 6) is 0.656. The number of hydrogen-bond donors (Lipinski definition) is 1. The van der Waals surface area contributed by atoms with Gasteiger partial charge in [0, 0.05) is 43.3 Å². The minimum absolute atomic E-state index is 0.0178. The molecule has 2 aromatic rings. The smallest absolute Gasteiger partial charge is 0.251 e. The summed E-state index contributed by atoms with van der Waals surface area (Å²) in [6, 6.07) is 4.00. The maximum atomic E-state index is 12.3. The second kappa shape index (κ2) is 4.06. The summed E-state index contributed by atoms with van der Waals surface area (Å²) in [7, 11) is 0. The van der Waals surface area contributed by atoms with Crippen LogP contribution < -0.4 is 5.32 Å². The number of pyridine rings is 1. The molecule has 0 saturated carbocycles. The molecular formula is C14H16N4O. The van der Waals surface area contributed by atoms with Gasteiger partial charge in [0.2, 0.25) is 0 Å². The van der Waals surface area contributed by atoms with Crippen LogP contribution >= 0.6 is 0 Å². The van der Waals surface area contributed by atoms with Crippen molar-refractivity contribution in [2.45, 2.75) is 12.5 Å². The van der Waals surface area contributed by atoms with Crippen LogP contribution in [0.2, 0.25) is 0 Å². The van der Waals surface area contributed by atoms with Crippen molar-refractivity contribution in [1.29, 1.82) is 0 Å². The van der Waals surface area contributed by atoms with Crippen molar-refractivity contribution in [3.05, 3.63) is 36.3 Å². The largest absolute Gasteiger partial charge is 0.348 e. The standard InChI is InChI=1S/C14H16N4O/c19-14(16-12-9-17-4-1-11(12)8-17)10-2-5-18-6-3-15-13(18)7-10/h2-3,5-7,11-12H,1,4,8-9H2,(H,16,19)/t11-,12-/m0/s1. The van der Waals surface area contributed by atoms with Gasteiger partial charge in [-0.25, -0.2) is 4.98 Å². The molecule has 2 saturated heterocycles. The Hall–Kier alpha value is -1.88. The van der Waals surface area contributed by atoms with Crippen molar-refractivity contribution in [1.82, 2.24) is 19.6 Å². The molecule has 4 heterocycles. The van der Waals surface area contributed by atoms with Gasteiger partial charge in [-0.3, -0.25) is 4.79 Å². The van der Waals surface area contributed by atoms with Gasteiger partial charge in [-0.15, -0.1) is 0 Å². The number of hydrogen-bond acceptors (Lipinski definition) is 3. The lowest BCUT2D eigenvalue weighted by molar-refractivity contribution is 0.0924. The summed E-state index contributed by atoms with van der Waals surface area (Å²) < 4.78 is 1.90. The van der Waals surface area contributed by atoms with E-state index in [4.69, 9.17) is 0 Å². The fourth-order valence-corrected chi connectivity index (χ4v) is 3.25. The minimum atomic E-state index is 0.0178. The van der Waals surface area contributed by atoms with E-state index in [1.54, 1.807) is 6.20 Å². The molecule has 2 fully saturated rings. The summed E-state index contributed by atoms with van der Waals surface area (Å²) >= 11 is 0. The van der Waals surface area contributed by atoms with Crippen LogP contribution in [0.3, 0.4) is 0 Å². The molecule has 3 atom stereocenters. The summed E-state index contributed by atoms with van der Waals surface area (Å²) in [6.07, 6.45) is 6.70. The Balaban J connectivity index is 1.53. The number of rotatable bonds is 2. The van der Waals surface area contributed by atoms with Gasteiger partial charge in [0.15, 0.2) is 0 Å². The molecule has 2 bridgehead atoms. The maximum Gasteiger partial charge on any atom is 0.251 e. The SMILES string of the molecule is O=C(N[C@H]1CN2CC[C@H]1C2)c1ccn2ccnc2c1. The van der Waals surface area contributed by atoms with Crippen LogP contribution in [0.15, 0.2) is 30.7 Å². The van der Waals surface area contributed by atoms with E-state index < -0.39 is 0 Å². The zero-order chi connectivity index (χ0) is 12.8. The summed E-state index contributed by atoms with van der Waals surface area (Å²) in [5.41, 5.74) is 1.50. The monoisotopic (exact) mass is 256 g/mol. The van der Waals surface area contributed by atoms with Crippen LogP contribution in [0, 0.1) is 5.92 Å². The Morgan fingerprint density at radius 3 is 3.11 bits per heavy atom. The zero-order valence-electron chi connectivity index (χ0n) is 10.6. The number of piperidine rings is 1. The Morgan fingerprint density at radius 2 is 2.32 bits per heavy atom. The van der Waals surface area contributed by atoms with Crippen molar-refractivity contribution in [3.63, 3.8) is 0 Å². The third-order valence-corrected chi connectivity index (χ3v) is 4.31. The highest BCUT2D eigenvalue weighted by atomic mass is 16.1. The summed E-state index contributed by atoms with van der Waals surface area (Å²) in [5, 5.41) is 3.17. The van der Waals surface area contributed by atoms with E-state index in [9.17, 15) is 4.79 Å². The topological polar surface area (TPSA) is 49.6 Å². The van der Waals surface area contributed by atoms with E-state index in [-0.39, 0.29) is 5.91 Å². The van der Waals surface area contributed by atoms with Crippen molar-refractivity contribution < 1.29 is 4.79 Å². The second-order valence-corrected chi connectivity index (χ2v) is 5.50. The predicted octanol–water partition coefficient (Wildman–Crippen LogP) is 0.768. The van der Waals surface area contributed by atoms with Gasteiger partial charge in [0.1, 0.15) is 5.65 Å².